The van der Waals surface area contributed by atoms with Crippen molar-refractivity contribution in [2.75, 3.05) is 43.2 Å². The van der Waals surface area contributed by atoms with Gasteiger partial charge in [0.25, 0.3) is 5.91 Å². The molecule has 0 atom stereocenters. The molecule has 23 heavy (non-hydrogen) atoms. The van der Waals surface area contributed by atoms with Gasteiger partial charge in [-0.1, -0.05) is 18.2 Å². The fraction of sp³-hybridized carbons (Fsp3) is 0.278. The Morgan fingerprint density at radius 3 is 2.83 bits per heavy atom. The van der Waals surface area contributed by atoms with Gasteiger partial charge >= 0.3 is 0 Å². The van der Waals surface area contributed by atoms with Gasteiger partial charge in [0.15, 0.2) is 0 Å². The van der Waals surface area contributed by atoms with Gasteiger partial charge in [0.1, 0.15) is 23.8 Å². The van der Waals surface area contributed by atoms with Crippen LogP contribution >= 0.6 is 0 Å². The highest BCUT2D eigenvalue weighted by Crippen LogP contribution is 2.43. The number of benzene rings is 2. The van der Waals surface area contributed by atoms with Gasteiger partial charge in [0.05, 0.1) is 24.9 Å². The molecule has 0 unspecified atom stereocenters. The van der Waals surface area contributed by atoms with Crippen LogP contribution in [0.15, 0.2) is 42.5 Å². The topological polar surface area (TPSA) is 42.0 Å². The summed E-state index contributed by atoms with van der Waals surface area (Å²) in [6.45, 7) is 3.03. The lowest BCUT2D eigenvalue weighted by atomic mass is 10.1. The first-order valence-corrected chi connectivity index (χ1v) is 7.75. The van der Waals surface area contributed by atoms with Crippen LogP contribution in [0.5, 0.6) is 11.5 Å². The van der Waals surface area contributed by atoms with E-state index in [0.717, 1.165) is 30.2 Å². The maximum absolute atomic E-state index is 13.1. The van der Waals surface area contributed by atoms with Gasteiger partial charge in [0.2, 0.25) is 0 Å². The molecule has 4 rings (SSSR count). The van der Waals surface area contributed by atoms with Gasteiger partial charge < -0.3 is 19.3 Å². The fourth-order valence-corrected chi connectivity index (χ4v) is 3.28. The van der Waals surface area contributed by atoms with Gasteiger partial charge in [-0.05, 0) is 24.3 Å². The normalized spacial score (nSPS) is 15.7. The van der Waals surface area contributed by atoms with Crippen molar-refractivity contribution in [2.45, 2.75) is 0 Å². The third-order valence-corrected chi connectivity index (χ3v) is 4.38. The monoisotopic (exact) mass is 310 g/mol. The number of hydrogen-bond donors (Lipinski definition) is 0. The van der Waals surface area contributed by atoms with Crippen LogP contribution in [0.4, 0.5) is 11.4 Å². The molecule has 0 spiro atoms. The summed E-state index contributed by atoms with van der Waals surface area (Å²) in [6, 6.07) is 13.2. The van der Waals surface area contributed by atoms with Gasteiger partial charge in [0, 0.05) is 13.1 Å². The van der Waals surface area contributed by atoms with Gasteiger partial charge in [-0.3, -0.25) is 4.79 Å². The quantitative estimate of drug-likeness (QED) is 0.855. The van der Waals surface area contributed by atoms with E-state index >= 15 is 0 Å². The summed E-state index contributed by atoms with van der Waals surface area (Å²) in [4.78, 5) is 17.2. The second-order valence-corrected chi connectivity index (χ2v) is 5.62. The van der Waals surface area contributed by atoms with Gasteiger partial charge in [-0.15, -0.1) is 0 Å². The third kappa shape index (κ3) is 2.20. The number of rotatable bonds is 2. The lowest BCUT2D eigenvalue weighted by Crippen LogP contribution is -2.47. The van der Waals surface area contributed by atoms with Crippen molar-refractivity contribution in [3.8, 4) is 11.5 Å². The van der Waals surface area contributed by atoms with E-state index in [1.807, 2.05) is 41.3 Å². The van der Waals surface area contributed by atoms with E-state index in [0.29, 0.717) is 24.5 Å². The van der Waals surface area contributed by atoms with Crippen molar-refractivity contribution in [1.82, 2.24) is 0 Å². The first kappa shape index (κ1) is 13.9. The van der Waals surface area contributed by atoms with Crippen LogP contribution in [0.25, 0.3) is 0 Å². The number of amides is 1. The molecule has 2 aliphatic heterocycles. The van der Waals surface area contributed by atoms with E-state index in [-0.39, 0.29) is 5.91 Å². The van der Waals surface area contributed by atoms with E-state index in [1.54, 1.807) is 13.2 Å². The van der Waals surface area contributed by atoms with Crippen molar-refractivity contribution in [1.29, 1.82) is 0 Å². The molecule has 0 fully saturated rings. The molecule has 0 radical (unpaired) electrons. The summed E-state index contributed by atoms with van der Waals surface area (Å²) in [5.41, 5.74) is 2.51. The molecular formula is C18H18N2O3. The highest BCUT2D eigenvalue weighted by Gasteiger charge is 2.32. The van der Waals surface area contributed by atoms with E-state index in [1.165, 1.54) is 0 Å². The molecule has 1 amide bonds. The molecule has 118 valence electrons. The van der Waals surface area contributed by atoms with Crippen LogP contribution in [0.2, 0.25) is 0 Å². The summed E-state index contributed by atoms with van der Waals surface area (Å²) >= 11 is 0. The number of carbonyl (C=O) groups excluding carboxylic acids is 1. The van der Waals surface area contributed by atoms with E-state index in [9.17, 15) is 4.79 Å². The Labute approximate surface area is 135 Å². The van der Waals surface area contributed by atoms with Crippen molar-refractivity contribution >= 4 is 17.3 Å². The van der Waals surface area contributed by atoms with Gasteiger partial charge in [-0.25, -0.2) is 0 Å². The Morgan fingerprint density at radius 1 is 1.09 bits per heavy atom. The summed E-state index contributed by atoms with van der Waals surface area (Å²) in [5, 5.41) is 0. The summed E-state index contributed by atoms with van der Waals surface area (Å²) in [5.74, 6) is 1.41. The number of ether oxygens (including phenoxy) is 2. The average molecular weight is 310 g/mol. The highest BCUT2D eigenvalue weighted by molar-refractivity contribution is 6.10. The number of para-hydroxylation sites is 2. The minimum Gasteiger partial charge on any atom is -0.496 e. The van der Waals surface area contributed by atoms with E-state index in [4.69, 9.17) is 9.47 Å². The Balaban J connectivity index is 1.77. The molecule has 0 aromatic heterocycles. The Hall–Kier alpha value is -2.69. The fourth-order valence-electron chi connectivity index (χ4n) is 3.28. The molecule has 0 N–H and O–H groups in total. The first-order valence-electron chi connectivity index (χ1n) is 7.75. The van der Waals surface area contributed by atoms with Crippen molar-refractivity contribution < 1.29 is 14.3 Å². The molecular weight excluding hydrogens is 292 g/mol. The predicted molar refractivity (Wildman–Crippen MR) is 88.8 cm³/mol. The Morgan fingerprint density at radius 2 is 1.96 bits per heavy atom. The van der Waals surface area contributed by atoms with Crippen LogP contribution in [0.1, 0.15) is 10.4 Å². The molecule has 0 bridgehead atoms. The van der Waals surface area contributed by atoms with Crippen molar-refractivity contribution in [2.24, 2.45) is 0 Å². The Bertz CT molecular complexity index is 760. The largest absolute Gasteiger partial charge is 0.496 e. The maximum Gasteiger partial charge on any atom is 0.262 e. The van der Waals surface area contributed by atoms with Crippen LogP contribution < -0.4 is 19.3 Å². The third-order valence-electron chi connectivity index (χ3n) is 4.38. The highest BCUT2D eigenvalue weighted by atomic mass is 16.5. The van der Waals surface area contributed by atoms with Crippen molar-refractivity contribution in [3.05, 3.63) is 48.0 Å². The zero-order valence-corrected chi connectivity index (χ0v) is 13.0. The molecule has 2 aliphatic rings. The molecule has 2 aromatic carbocycles. The zero-order chi connectivity index (χ0) is 15.8. The minimum absolute atomic E-state index is 0.0407. The second-order valence-electron chi connectivity index (χ2n) is 5.62. The second kappa shape index (κ2) is 5.50. The van der Waals surface area contributed by atoms with Gasteiger partial charge in [-0.2, -0.15) is 0 Å². The van der Waals surface area contributed by atoms with Crippen molar-refractivity contribution in [3.63, 3.8) is 0 Å². The number of anilines is 2. The lowest BCUT2D eigenvalue weighted by molar-refractivity contribution is 0.0983. The van der Waals surface area contributed by atoms with Crippen LogP contribution in [-0.4, -0.2) is 39.3 Å². The molecule has 5 nitrogen and oxygen atoms in total. The molecule has 2 heterocycles. The minimum atomic E-state index is -0.0407. The molecule has 0 saturated heterocycles. The lowest BCUT2D eigenvalue weighted by Gasteiger charge is -2.41. The number of hydrogen-bond acceptors (Lipinski definition) is 4. The summed E-state index contributed by atoms with van der Waals surface area (Å²) < 4.78 is 11.1. The SMILES string of the molecule is COc1ccccc1C(=O)N1CCN2CCOc3cccc1c32. The first-order chi connectivity index (χ1) is 11.3. The Kier molecular flexibility index (Phi) is 3.33. The zero-order valence-electron chi connectivity index (χ0n) is 13.0. The molecule has 0 aliphatic carbocycles. The predicted octanol–water partition coefficient (Wildman–Crippen LogP) is 2.55. The molecule has 0 saturated carbocycles. The molecule has 2 aromatic rings. The van der Waals surface area contributed by atoms with Crippen LogP contribution in [0, 0.1) is 0 Å². The van der Waals surface area contributed by atoms with Crippen LogP contribution in [-0.2, 0) is 0 Å². The van der Waals surface area contributed by atoms with E-state index in [2.05, 4.69) is 4.90 Å². The number of nitrogens with zero attached hydrogens (tertiary/aromatic N) is 2. The summed E-state index contributed by atoms with van der Waals surface area (Å²) in [6.07, 6.45) is 0. The summed E-state index contributed by atoms with van der Waals surface area (Å²) in [7, 11) is 1.59. The average Bonchev–Trinajstić information content (AvgIpc) is 2.62. The smallest absolute Gasteiger partial charge is 0.262 e. The van der Waals surface area contributed by atoms with E-state index < -0.39 is 0 Å². The van der Waals surface area contributed by atoms with Crippen LogP contribution in [0.3, 0.4) is 0 Å². The maximum atomic E-state index is 13.1. The standard InChI is InChI=1S/C18H18N2O3/c1-22-15-7-3-2-5-13(15)18(21)20-10-9-19-11-12-23-16-8-4-6-14(20)17(16)19/h2-8H,9-12H2,1H3. The number of carbonyl (C=O) groups is 1. The number of methoxy groups -OCH3 is 1. The molecule has 5 heteroatoms.